The van der Waals surface area contributed by atoms with Crippen LogP contribution in [-0.4, -0.2) is 26.8 Å². The molecule has 1 fully saturated rings. The van der Waals surface area contributed by atoms with Crippen LogP contribution >= 0.6 is 0 Å². The van der Waals surface area contributed by atoms with Crippen LogP contribution in [0.4, 0.5) is 11.4 Å². The van der Waals surface area contributed by atoms with Gasteiger partial charge in [0.05, 0.1) is 25.6 Å². The van der Waals surface area contributed by atoms with Gasteiger partial charge in [0.2, 0.25) is 0 Å². The van der Waals surface area contributed by atoms with Crippen LogP contribution in [0, 0.1) is 5.92 Å². The Morgan fingerprint density at radius 2 is 1.78 bits per heavy atom. The number of fused-ring (bicyclic) bond motifs is 2. The Balaban J connectivity index is 1.96. The van der Waals surface area contributed by atoms with Crippen molar-refractivity contribution in [3.8, 4) is 11.5 Å². The Morgan fingerprint density at radius 3 is 2.50 bits per heavy atom. The maximum atomic E-state index is 5.36. The molecule has 98 valence electrons. The van der Waals surface area contributed by atoms with Gasteiger partial charge in [0.15, 0.2) is 11.5 Å². The molecule has 1 aromatic carbocycles. The summed E-state index contributed by atoms with van der Waals surface area (Å²) in [5, 5.41) is 7.17. The number of benzene rings is 1. The van der Waals surface area contributed by atoms with E-state index in [1.165, 1.54) is 19.3 Å². The average molecular weight is 248 g/mol. The largest absolute Gasteiger partial charge is 0.493 e. The summed E-state index contributed by atoms with van der Waals surface area (Å²) in [5.74, 6) is 2.29. The molecule has 2 atom stereocenters. The second kappa shape index (κ2) is 4.59. The molecule has 1 aliphatic heterocycles. The third-order valence-electron chi connectivity index (χ3n) is 4.08. The van der Waals surface area contributed by atoms with E-state index in [1.807, 2.05) is 12.1 Å². The number of hydrogen-bond donors (Lipinski definition) is 2. The van der Waals surface area contributed by atoms with E-state index in [4.69, 9.17) is 9.47 Å². The maximum absolute atomic E-state index is 5.36. The summed E-state index contributed by atoms with van der Waals surface area (Å²) in [6.07, 6.45) is 3.90. The van der Waals surface area contributed by atoms with E-state index in [2.05, 4.69) is 10.6 Å². The lowest BCUT2D eigenvalue weighted by atomic mass is 10.0. The number of rotatable bonds is 2. The van der Waals surface area contributed by atoms with Crippen LogP contribution in [0.3, 0.4) is 0 Å². The number of ether oxygens (including phenoxy) is 2. The van der Waals surface area contributed by atoms with Gasteiger partial charge in [0.1, 0.15) is 0 Å². The minimum Gasteiger partial charge on any atom is -0.493 e. The third-order valence-corrected chi connectivity index (χ3v) is 4.08. The third kappa shape index (κ3) is 1.85. The zero-order valence-corrected chi connectivity index (χ0v) is 11.0. The zero-order chi connectivity index (χ0) is 12.5. The summed E-state index contributed by atoms with van der Waals surface area (Å²) >= 11 is 0. The first-order valence-corrected chi connectivity index (χ1v) is 6.58. The lowest BCUT2D eigenvalue weighted by Gasteiger charge is -2.18. The summed E-state index contributed by atoms with van der Waals surface area (Å²) in [5.41, 5.74) is 2.24. The first kappa shape index (κ1) is 11.5. The highest BCUT2D eigenvalue weighted by Gasteiger charge is 2.30. The molecule has 1 aromatic rings. The molecule has 2 aliphatic rings. The SMILES string of the molecule is COc1cc2c(cc1OC)NC1CCCC1CN2. The van der Waals surface area contributed by atoms with E-state index in [1.54, 1.807) is 14.2 Å². The summed E-state index contributed by atoms with van der Waals surface area (Å²) < 4.78 is 10.7. The van der Waals surface area contributed by atoms with E-state index in [0.29, 0.717) is 6.04 Å². The second-order valence-electron chi connectivity index (χ2n) is 5.08. The Kier molecular flexibility index (Phi) is 2.94. The number of anilines is 2. The van der Waals surface area contributed by atoms with Gasteiger partial charge in [-0.15, -0.1) is 0 Å². The summed E-state index contributed by atoms with van der Waals surface area (Å²) in [4.78, 5) is 0. The topological polar surface area (TPSA) is 42.5 Å². The van der Waals surface area contributed by atoms with Gasteiger partial charge >= 0.3 is 0 Å². The predicted molar refractivity (Wildman–Crippen MR) is 72.8 cm³/mol. The molecule has 0 saturated heterocycles. The number of methoxy groups -OCH3 is 2. The molecule has 0 aromatic heterocycles. The fourth-order valence-corrected chi connectivity index (χ4v) is 3.06. The normalized spacial score (nSPS) is 25.2. The van der Waals surface area contributed by atoms with Gasteiger partial charge in [-0.05, 0) is 18.8 Å². The minimum absolute atomic E-state index is 0.594. The van der Waals surface area contributed by atoms with E-state index < -0.39 is 0 Å². The van der Waals surface area contributed by atoms with Crippen LogP contribution in [0.25, 0.3) is 0 Å². The van der Waals surface area contributed by atoms with Gasteiger partial charge in [-0.2, -0.15) is 0 Å². The highest BCUT2D eigenvalue weighted by atomic mass is 16.5. The maximum Gasteiger partial charge on any atom is 0.162 e. The molecule has 4 nitrogen and oxygen atoms in total. The lowest BCUT2D eigenvalue weighted by Crippen LogP contribution is -2.25. The minimum atomic E-state index is 0.594. The summed E-state index contributed by atoms with van der Waals surface area (Å²) in [6.45, 7) is 1.04. The van der Waals surface area contributed by atoms with Crippen molar-refractivity contribution in [2.24, 2.45) is 5.92 Å². The monoisotopic (exact) mass is 248 g/mol. The van der Waals surface area contributed by atoms with Gasteiger partial charge in [0, 0.05) is 24.7 Å². The molecular weight excluding hydrogens is 228 g/mol. The first-order chi connectivity index (χ1) is 8.81. The first-order valence-electron chi connectivity index (χ1n) is 6.58. The van der Waals surface area contributed by atoms with E-state index in [-0.39, 0.29) is 0 Å². The van der Waals surface area contributed by atoms with Crippen molar-refractivity contribution in [2.75, 3.05) is 31.4 Å². The molecule has 1 aliphatic carbocycles. The molecule has 1 saturated carbocycles. The van der Waals surface area contributed by atoms with E-state index in [9.17, 15) is 0 Å². The molecule has 0 spiro atoms. The van der Waals surface area contributed by atoms with Gasteiger partial charge in [0.25, 0.3) is 0 Å². The number of nitrogens with one attached hydrogen (secondary N) is 2. The Morgan fingerprint density at radius 1 is 1.06 bits per heavy atom. The molecule has 4 heteroatoms. The lowest BCUT2D eigenvalue weighted by molar-refractivity contribution is 0.355. The Labute approximate surface area is 108 Å². The molecule has 0 radical (unpaired) electrons. The van der Waals surface area contributed by atoms with Crippen LogP contribution in [-0.2, 0) is 0 Å². The van der Waals surface area contributed by atoms with Crippen LogP contribution in [0.1, 0.15) is 19.3 Å². The highest BCUT2D eigenvalue weighted by molar-refractivity contribution is 5.75. The van der Waals surface area contributed by atoms with Crippen LogP contribution in [0.15, 0.2) is 12.1 Å². The van der Waals surface area contributed by atoms with Crippen molar-refractivity contribution in [3.05, 3.63) is 12.1 Å². The molecule has 3 rings (SSSR count). The molecule has 1 heterocycles. The molecule has 0 bridgehead atoms. The number of hydrogen-bond acceptors (Lipinski definition) is 4. The average Bonchev–Trinajstić information content (AvgIpc) is 2.77. The Bertz CT molecular complexity index is 448. The highest BCUT2D eigenvalue weighted by Crippen LogP contribution is 2.40. The van der Waals surface area contributed by atoms with Crippen molar-refractivity contribution in [1.82, 2.24) is 0 Å². The fourth-order valence-electron chi connectivity index (χ4n) is 3.06. The predicted octanol–water partition coefficient (Wildman–Crippen LogP) is 2.71. The standard InChI is InChI=1S/C14H20N2O2/c1-17-13-6-11-12(7-14(13)18-2)16-10-5-3-4-9(10)8-15-11/h6-7,9-10,15-16H,3-5,8H2,1-2H3. The van der Waals surface area contributed by atoms with Gasteiger partial charge < -0.3 is 20.1 Å². The smallest absolute Gasteiger partial charge is 0.162 e. The molecular formula is C14H20N2O2. The van der Waals surface area contributed by atoms with Gasteiger partial charge in [-0.3, -0.25) is 0 Å². The van der Waals surface area contributed by atoms with E-state index >= 15 is 0 Å². The van der Waals surface area contributed by atoms with E-state index in [0.717, 1.165) is 35.3 Å². The van der Waals surface area contributed by atoms with Crippen LogP contribution in [0.5, 0.6) is 11.5 Å². The van der Waals surface area contributed by atoms with Gasteiger partial charge in [-0.1, -0.05) is 6.42 Å². The quantitative estimate of drug-likeness (QED) is 0.844. The van der Waals surface area contributed by atoms with Gasteiger partial charge in [-0.25, -0.2) is 0 Å². The zero-order valence-electron chi connectivity index (χ0n) is 11.0. The van der Waals surface area contributed by atoms with Crippen molar-refractivity contribution in [1.29, 1.82) is 0 Å². The molecule has 0 amide bonds. The van der Waals surface area contributed by atoms with Crippen molar-refractivity contribution < 1.29 is 9.47 Å². The molecule has 2 N–H and O–H groups in total. The van der Waals surface area contributed by atoms with Crippen molar-refractivity contribution in [2.45, 2.75) is 25.3 Å². The summed E-state index contributed by atoms with van der Waals surface area (Å²) in [6, 6.07) is 4.64. The Hall–Kier alpha value is -1.58. The van der Waals surface area contributed by atoms with Crippen molar-refractivity contribution in [3.63, 3.8) is 0 Å². The summed E-state index contributed by atoms with van der Waals surface area (Å²) in [7, 11) is 3.34. The molecule has 18 heavy (non-hydrogen) atoms. The fraction of sp³-hybridized carbons (Fsp3) is 0.571. The van der Waals surface area contributed by atoms with Crippen molar-refractivity contribution >= 4 is 11.4 Å². The molecule has 2 unspecified atom stereocenters. The van der Waals surface area contributed by atoms with Crippen LogP contribution in [0.2, 0.25) is 0 Å². The van der Waals surface area contributed by atoms with Crippen LogP contribution < -0.4 is 20.1 Å². The second-order valence-corrected chi connectivity index (χ2v) is 5.08.